The maximum atomic E-state index is 5.12. The van der Waals surface area contributed by atoms with Gasteiger partial charge in [0.25, 0.3) is 0 Å². The van der Waals surface area contributed by atoms with Crippen LogP contribution in [0.3, 0.4) is 0 Å². The summed E-state index contributed by atoms with van der Waals surface area (Å²) in [6.07, 6.45) is 24.8. The van der Waals surface area contributed by atoms with E-state index in [1.54, 1.807) is 64.2 Å². The van der Waals surface area contributed by atoms with Gasteiger partial charge >= 0.3 is 0 Å². The molecule has 524 valence electrons. The van der Waals surface area contributed by atoms with Crippen LogP contribution >= 0.6 is 57.1 Å². The molecule has 0 spiro atoms. The van der Waals surface area contributed by atoms with Gasteiger partial charge in [-0.15, -0.1) is 44.2 Å². The Bertz CT molecular complexity index is 3810. The van der Waals surface area contributed by atoms with Crippen molar-refractivity contribution in [2.45, 2.75) is 88.5 Å². The van der Waals surface area contributed by atoms with E-state index < -0.39 is 0 Å². The Morgan fingerprint density at radius 2 is 1.12 bits per heavy atom. The molecule has 0 saturated carbocycles. The van der Waals surface area contributed by atoms with Crippen molar-refractivity contribution in [2.24, 2.45) is 0 Å². The number of nitrogens with zero attached hydrogens (tertiary/aromatic N) is 12. The summed E-state index contributed by atoms with van der Waals surface area (Å²) in [6, 6.07) is 64.7. The van der Waals surface area contributed by atoms with Crippen molar-refractivity contribution in [3.05, 3.63) is 301 Å². The van der Waals surface area contributed by atoms with Crippen molar-refractivity contribution in [3.63, 3.8) is 0 Å². The predicted octanol–water partition coefficient (Wildman–Crippen LogP) is 23.3. The summed E-state index contributed by atoms with van der Waals surface area (Å²) >= 11 is 8.28. The quantitative estimate of drug-likeness (QED) is 0.128. The number of aryl methyl sites for hydroxylation is 2. The molecule has 12 aromatic heterocycles. The minimum absolute atomic E-state index is 0. The zero-order valence-electron chi connectivity index (χ0n) is 57.1. The zero-order valence-corrected chi connectivity index (χ0v) is 61.2. The van der Waals surface area contributed by atoms with Crippen molar-refractivity contribution in [1.82, 2.24) is 75.0 Å². The lowest BCUT2D eigenvalue weighted by molar-refractivity contribution is 0.393. The number of rotatable bonds is 0. The maximum absolute atomic E-state index is 5.12. The number of hydrogen-bond donors (Lipinski definition) is 3. The highest BCUT2D eigenvalue weighted by atomic mass is 32.1. The molecular formula is C77H87N15O4S5. The molecule has 1 aliphatic carbocycles. The molecule has 0 radical (unpaired) electrons. The lowest BCUT2D eigenvalue weighted by atomic mass is 10.00. The van der Waals surface area contributed by atoms with Crippen LogP contribution in [0.1, 0.15) is 86.1 Å². The molecule has 101 heavy (non-hydrogen) atoms. The fourth-order valence-corrected chi connectivity index (χ4v) is 11.4. The molecular weight excluding hydrogens is 1360 g/mol. The number of aromatic amines is 3. The number of furan rings is 1. The summed E-state index contributed by atoms with van der Waals surface area (Å²) in [7, 11) is 0. The van der Waals surface area contributed by atoms with Crippen LogP contribution in [0.5, 0.6) is 0 Å². The second kappa shape index (κ2) is 54.0. The first-order valence-corrected chi connectivity index (χ1v) is 36.6. The average Bonchev–Trinajstić information content (AvgIpc) is 1.99. The van der Waals surface area contributed by atoms with Crippen molar-refractivity contribution in [1.29, 1.82) is 0 Å². The van der Waals surface area contributed by atoms with Crippen LogP contribution in [0.2, 0.25) is 0 Å². The van der Waals surface area contributed by atoms with E-state index in [2.05, 4.69) is 163 Å². The fourth-order valence-electron chi connectivity index (χ4n) is 8.05. The Hall–Kier alpha value is -11.0. The minimum Gasteiger partial charge on any atom is -0.464 e. The van der Waals surface area contributed by atoms with Gasteiger partial charge in [-0.25, -0.2) is 15.0 Å². The van der Waals surface area contributed by atoms with E-state index in [4.69, 9.17) is 13.4 Å². The molecule has 24 heteroatoms. The van der Waals surface area contributed by atoms with Crippen LogP contribution in [0.4, 0.5) is 0 Å². The largest absolute Gasteiger partial charge is 0.464 e. The van der Waals surface area contributed by atoms with Gasteiger partial charge in [0.15, 0.2) is 17.6 Å². The molecule has 0 atom stereocenters. The molecule has 0 saturated heterocycles. The fraction of sp³-hybridized carbons (Fsp3) is 0.169. The number of nitrogens with one attached hydrogen (secondary N) is 3. The first-order valence-electron chi connectivity index (χ1n) is 32.3. The van der Waals surface area contributed by atoms with E-state index in [1.165, 1.54) is 116 Å². The second-order valence-corrected chi connectivity index (χ2v) is 22.7. The molecule has 0 unspecified atom stereocenters. The number of oxazole rings is 1. The van der Waals surface area contributed by atoms with Crippen molar-refractivity contribution >= 4 is 131 Å². The highest BCUT2D eigenvalue weighted by Crippen LogP contribution is 2.26. The Labute approximate surface area is 609 Å². The van der Waals surface area contributed by atoms with Crippen LogP contribution in [0.15, 0.2) is 309 Å². The van der Waals surface area contributed by atoms with E-state index in [0.29, 0.717) is 0 Å². The molecule has 19 aromatic rings. The Kier molecular flexibility index (Phi) is 44.0. The van der Waals surface area contributed by atoms with Gasteiger partial charge in [0.1, 0.15) is 30.0 Å². The van der Waals surface area contributed by atoms with Gasteiger partial charge in [-0.05, 0) is 161 Å². The molecule has 19 nitrogen and oxygen atoms in total. The van der Waals surface area contributed by atoms with E-state index in [-0.39, 0.29) is 7.43 Å². The topological polar surface area (TPSA) is 255 Å². The number of para-hydroxylation sites is 6. The lowest BCUT2D eigenvalue weighted by Gasteiger charge is -2.08. The normalized spacial score (nSPS) is 9.74. The number of hydrogen-bond acceptors (Lipinski definition) is 21. The lowest BCUT2D eigenvalue weighted by Crippen LogP contribution is -1.96. The molecule has 3 N–H and O–H groups in total. The second-order valence-electron chi connectivity index (χ2n) is 18.4. The Morgan fingerprint density at radius 3 is 1.70 bits per heavy atom. The highest BCUT2D eigenvalue weighted by Gasteiger charge is 2.08. The summed E-state index contributed by atoms with van der Waals surface area (Å²) in [6.45, 7) is 16.0. The number of thiazole rings is 1. The number of thiophene rings is 2. The summed E-state index contributed by atoms with van der Waals surface area (Å²) in [5, 5.41) is 41.1. The third kappa shape index (κ3) is 32.0. The van der Waals surface area contributed by atoms with Crippen molar-refractivity contribution in [3.8, 4) is 0 Å². The summed E-state index contributed by atoms with van der Waals surface area (Å²) in [5.74, 6) is 0. The van der Waals surface area contributed by atoms with Crippen LogP contribution in [-0.4, -0.2) is 75.0 Å². The molecule has 0 amide bonds. The average molecular weight is 1450 g/mol. The first-order chi connectivity index (χ1) is 49.7. The third-order valence-corrected chi connectivity index (χ3v) is 16.3. The van der Waals surface area contributed by atoms with Gasteiger partial charge in [-0.1, -0.05) is 182 Å². The monoisotopic (exact) mass is 1450 g/mol. The third-order valence-electron chi connectivity index (χ3n) is 12.3. The number of aromatic nitrogens is 15. The molecule has 12 heterocycles. The van der Waals surface area contributed by atoms with E-state index in [9.17, 15) is 0 Å². The Balaban J connectivity index is 0.000000233. The molecule has 0 fully saturated rings. The van der Waals surface area contributed by atoms with Gasteiger partial charge < -0.3 is 22.9 Å². The summed E-state index contributed by atoms with van der Waals surface area (Å²) < 4.78 is 30.7. The summed E-state index contributed by atoms with van der Waals surface area (Å²) in [5.41, 5.74) is 9.35. The molecule has 7 aromatic carbocycles. The summed E-state index contributed by atoms with van der Waals surface area (Å²) in [4.78, 5) is 16.4. The molecule has 20 rings (SSSR count). The van der Waals surface area contributed by atoms with E-state index in [0.717, 1.165) is 38.6 Å². The van der Waals surface area contributed by atoms with Gasteiger partial charge in [0.2, 0.25) is 0 Å². The number of fused-ring (bicyclic) bond motifs is 8. The van der Waals surface area contributed by atoms with E-state index in [1.807, 2.05) is 211 Å². The Morgan fingerprint density at radius 1 is 0.465 bits per heavy atom. The first kappa shape index (κ1) is 82.4. The molecule has 1 aliphatic rings. The molecule has 0 aliphatic heterocycles. The van der Waals surface area contributed by atoms with Crippen molar-refractivity contribution < 1.29 is 17.9 Å². The number of benzene rings is 7. The van der Waals surface area contributed by atoms with Crippen LogP contribution in [0.25, 0.3) is 74.3 Å². The SMILES string of the molecule is C.CC.CC.CC.CC.c1cc2c(s1)CCCC2.c1ccc2[nH]ccc2c1.c1ccc2occc2c1.c1ccc2ocnc2c1.c1ccc2oncc2c1.c1ccc2sccc2c1.c1ccc2scnc2c1.c1ccc2sncc2c1.c1cn[nH]n1.c1conn1.c1csnn1.c1nc[nH]n1. The van der Waals surface area contributed by atoms with E-state index >= 15 is 0 Å². The van der Waals surface area contributed by atoms with Crippen molar-refractivity contribution in [2.75, 3.05) is 0 Å². The smallest absolute Gasteiger partial charge is 0.181 e. The number of H-pyrrole nitrogens is 3. The van der Waals surface area contributed by atoms with Crippen LogP contribution < -0.4 is 0 Å². The standard InChI is InChI=1S/C8H7N.C8H6O.C8H10S.C8H6S.2C7H5NO.2C7H5NS.2C2H3N3.C2H2N2O.C2H2N2S.4C2H6.CH4/c4*1-2-4-8-7(3-1)5-6-9-8;1-2-4-7-6(3-1)8-5-9-7;1-2-4-7-6(3-1)5-8-9-7;1-2-4-7-6(3-1)8-5-9-7;1-2-4-7-6(3-1)5-8-9-7;1-3-2-5-4-1;1-2-4-5-3-1;2*1-2-5-4-3-1;4*1-2;/h1-6,9H;1-6H;5-6H,1-4H2;1-6H;4*1-5H;2*1-2H,(H,3,4,5);2*1-2H;4*1-2H3;1H4. The predicted molar refractivity (Wildman–Crippen MR) is 424 cm³/mol. The highest BCUT2D eigenvalue weighted by molar-refractivity contribution is 7.17. The van der Waals surface area contributed by atoms with Crippen LogP contribution in [-0.2, 0) is 12.8 Å². The van der Waals surface area contributed by atoms with Gasteiger partial charge in [0, 0.05) is 54.3 Å². The van der Waals surface area contributed by atoms with Gasteiger partial charge in [-0.3, -0.25) is 5.10 Å². The van der Waals surface area contributed by atoms with Crippen LogP contribution in [0, 0.1) is 0 Å². The zero-order chi connectivity index (χ0) is 71.0. The van der Waals surface area contributed by atoms with Gasteiger partial charge in [-0.2, -0.15) is 24.9 Å². The molecule has 0 bridgehead atoms. The maximum Gasteiger partial charge on any atom is 0.181 e. The minimum atomic E-state index is 0. The van der Waals surface area contributed by atoms with Gasteiger partial charge in [0.05, 0.1) is 57.7 Å².